The third-order valence-corrected chi connectivity index (χ3v) is 4.88. The number of amidine groups is 1. The lowest BCUT2D eigenvalue weighted by atomic mass is 10.2. The number of hydrogen-bond donors (Lipinski definition) is 1. The molecule has 0 aliphatic carbocycles. The Labute approximate surface area is 139 Å². The van der Waals surface area contributed by atoms with Gasteiger partial charge in [-0.05, 0) is 37.6 Å². The lowest BCUT2D eigenvalue weighted by Crippen LogP contribution is -2.47. The standard InChI is InChI=1S/C16H19N3O3S/c1-2-22-12-6-4-11(5-7-12)18-15(21)13-10-14(20)19-9-3-8-17-16(19)23-13/h4-7,13H,2-3,8-10H2,1H3,(H,18,21)/t13-/m0/s1. The van der Waals surface area contributed by atoms with E-state index in [1.807, 2.05) is 19.1 Å². The highest BCUT2D eigenvalue weighted by Crippen LogP contribution is 2.29. The van der Waals surface area contributed by atoms with Crippen LogP contribution in [0, 0.1) is 0 Å². The summed E-state index contributed by atoms with van der Waals surface area (Å²) in [6, 6.07) is 7.21. The lowest BCUT2D eigenvalue weighted by Gasteiger charge is -2.33. The van der Waals surface area contributed by atoms with Crippen molar-refractivity contribution in [2.75, 3.05) is 25.0 Å². The fourth-order valence-corrected chi connectivity index (χ4v) is 3.66. The summed E-state index contributed by atoms with van der Waals surface area (Å²) >= 11 is 1.38. The minimum Gasteiger partial charge on any atom is -0.494 e. The van der Waals surface area contributed by atoms with Crippen LogP contribution in [0.3, 0.4) is 0 Å². The Hall–Kier alpha value is -2.02. The second-order valence-electron chi connectivity index (χ2n) is 5.32. The SMILES string of the molecule is CCOc1ccc(NC(=O)[C@@H]2CC(=O)N3CCCN=C3S2)cc1. The lowest BCUT2D eigenvalue weighted by molar-refractivity contribution is -0.129. The Kier molecular flexibility index (Phi) is 4.85. The monoisotopic (exact) mass is 333 g/mol. The van der Waals surface area contributed by atoms with Gasteiger partial charge in [-0.1, -0.05) is 11.8 Å². The van der Waals surface area contributed by atoms with Crippen LogP contribution in [-0.2, 0) is 9.59 Å². The molecule has 0 aromatic heterocycles. The summed E-state index contributed by atoms with van der Waals surface area (Å²) in [5.41, 5.74) is 0.694. The van der Waals surface area contributed by atoms with Crippen molar-refractivity contribution < 1.29 is 14.3 Å². The second-order valence-corrected chi connectivity index (χ2v) is 6.49. The van der Waals surface area contributed by atoms with Gasteiger partial charge in [0.1, 0.15) is 11.0 Å². The van der Waals surface area contributed by atoms with Gasteiger partial charge in [-0.2, -0.15) is 0 Å². The van der Waals surface area contributed by atoms with E-state index in [2.05, 4.69) is 10.3 Å². The Morgan fingerprint density at radius 1 is 1.43 bits per heavy atom. The molecular weight excluding hydrogens is 314 g/mol. The summed E-state index contributed by atoms with van der Waals surface area (Å²) in [6.45, 7) is 3.95. The largest absolute Gasteiger partial charge is 0.494 e. The number of hydrogen-bond acceptors (Lipinski definition) is 5. The molecule has 1 atom stereocenters. The first-order valence-electron chi connectivity index (χ1n) is 7.72. The van der Waals surface area contributed by atoms with Gasteiger partial charge < -0.3 is 10.1 Å². The fraction of sp³-hybridized carbons (Fsp3) is 0.438. The molecule has 7 heteroatoms. The number of nitrogens with zero attached hydrogens (tertiary/aromatic N) is 2. The molecule has 0 spiro atoms. The zero-order valence-electron chi connectivity index (χ0n) is 12.9. The van der Waals surface area contributed by atoms with Gasteiger partial charge in [0.05, 0.1) is 6.61 Å². The molecule has 0 bridgehead atoms. The number of rotatable bonds is 4. The predicted octanol–water partition coefficient (Wildman–Crippen LogP) is 2.12. The first-order chi connectivity index (χ1) is 11.2. The van der Waals surface area contributed by atoms with Gasteiger partial charge in [0, 0.05) is 25.2 Å². The van der Waals surface area contributed by atoms with Crippen LogP contribution < -0.4 is 10.1 Å². The van der Waals surface area contributed by atoms with Crippen LogP contribution in [0.1, 0.15) is 19.8 Å². The normalized spacial score (nSPS) is 20.6. The van der Waals surface area contributed by atoms with E-state index in [1.54, 1.807) is 17.0 Å². The van der Waals surface area contributed by atoms with Crippen LogP contribution >= 0.6 is 11.8 Å². The van der Waals surface area contributed by atoms with Gasteiger partial charge in [-0.3, -0.25) is 19.5 Å². The Bertz CT molecular complexity index is 630. The van der Waals surface area contributed by atoms with E-state index in [4.69, 9.17) is 4.74 Å². The number of nitrogens with one attached hydrogen (secondary N) is 1. The molecule has 122 valence electrons. The minimum absolute atomic E-state index is 0.0194. The Balaban J connectivity index is 1.64. The summed E-state index contributed by atoms with van der Waals surface area (Å²) in [6.07, 6.45) is 1.10. The van der Waals surface area contributed by atoms with Gasteiger partial charge in [-0.25, -0.2) is 0 Å². The summed E-state index contributed by atoms with van der Waals surface area (Å²) in [5, 5.41) is 3.11. The van der Waals surface area contributed by atoms with Crippen LogP contribution in [-0.4, -0.2) is 46.8 Å². The van der Waals surface area contributed by atoms with Crippen molar-refractivity contribution in [1.82, 2.24) is 4.90 Å². The number of carbonyl (C=O) groups is 2. The van der Waals surface area contributed by atoms with Crippen LogP contribution in [0.15, 0.2) is 29.3 Å². The zero-order valence-corrected chi connectivity index (χ0v) is 13.8. The molecule has 1 saturated heterocycles. The first-order valence-corrected chi connectivity index (χ1v) is 8.60. The summed E-state index contributed by atoms with van der Waals surface area (Å²) < 4.78 is 5.37. The molecule has 2 heterocycles. The number of amides is 2. The topological polar surface area (TPSA) is 71.0 Å². The molecule has 23 heavy (non-hydrogen) atoms. The van der Waals surface area contributed by atoms with E-state index in [0.29, 0.717) is 24.0 Å². The fourth-order valence-electron chi connectivity index (χ4n) is 2.52. The van der Waals surface area contributed by atoms with E-state index < -0.39 is 5.25 Å². The average Bonchev–Trinajstić information content (AvgIpc) is 2.57. The van der Waals surface area contributed by atoms with Gasteiger partial charge in [0.25, 0.3) is 0 Å². The number of ether oxygens (including phenoxy) is 1. The maximum absolute atomic E-state index is 12.4. The van der Waals surface area contributed by atoms with Crippen molar-refractivity contribution in [3.63, 3.8) is 0 Å². The molecular formula is C16H19N3O3S. The van der Waals surface area contributed by atoms with E-state index >= 15 is 0 Å². The molecule has 1 fully saturated rings. The van der Waals surface area contributed by atoms with E-state index in [1.165, 1.54) is 11.8 Å². The third kappa shape index (κ3) is 3.67. The molecule has 3 rings (SSSR count). The maximum atomic E-state index is 12.4. The molecule has 1 aromatic carbocycles. The molecule has 1 aromatic rings. The highest BCUT2D eigenvalue weighted by Gasteiger charge is 2.36. The van der Waals surface area contributed by atoms with Crippen LogP contribution in [0.4, 0.5) is 5.69 Å². The predicted molar refractivity (Wildman–Crippen MR) is 90.9 cm³/mol. The number of benzene rings is 1. The van der Waals surface area contributed by atoms with Crippen LogP contribution in [0.5, 0.6) is 5.75 Å². The number of aliphatic imine (C=N–C) groups is 1. The van der Waals surface area contributed by atoms with Crippen molar-refractivity contribution in [2.45, 2.75) is 25.0 Å². The van der Waals surface area contributed by atoms with Crippen LogP contribution in [0.25, 0.3) is 0 Å². The van der Waals surface area contributed by atoms with E-state index in [9.17, 15) is 9.59 Å². The number of carbonyl (C=O) groups excluding carboxylic acids is 2. The Morgan fingerprint density at radius 3 is 2.96 bits per heavy atom. The second kappa shape index (κ2) is 7.04. The molecule has 6 nitrogen and oxygen atoms in total. The van der Waals surface area contributed by atoms with Crippen molar-refractivity contribution in [2.24, 2.45) is 4.99 Å². The zero-order chi connectivity index (χ0) is 16.2. The highest BCUT2D eigenvalue weighted by molar-refractivity contribution is 8.15. The molecule has 0 radical (unpaired) electrons. The van der Waals surface area contributed by atoms with Crippen molar-refractivity contribution in [3.8, 4) is 5.75 Å². The van der Waals surface area contributed by atoms with Crippen molar-refractivity contribution >= 4 is 34.4 Å². The Morgan fingerprint density at radius 2 is 2.22 bits per heavy atom. The van der Waals surface area contributed by atoms with Crippen LogP contribution in [0.2, 0.25) is 0 Å². The first kappa shape index (κ1) is 15.9. The summed E-state index contributed by atoms with van der Waals surface area (Å²) in [7, 11) is 0. The van der Waals surface area contributed by atoms with E-state index in [-0.39, 0.29) is 18.2 Å². The third-order valence-electron chi connectivity index (χ3n) is 3.65. The summed E-state index contributed by atoms with van der Waals surface area (Å²) in [5.74, 6) is 0.578. The summed E-state index contributed by atoms with van der Waals surface area (Å²) in [4.78, 5) is 30.6. The molecule has 2 aliphatic heterocycles. The number of fused-ring (bicyclic) bond motifs is 1. The van der Waals surface area contributed by atoms with Gasteiger partial charge >= 0.3 is 0 Å². The molecule has 1 N–H and O–H groups in total. The van der Waals surface area contributed by atoms with E-state index in [0.717, 1.165) is 18.7 Å². The highest BCUT2D eigenvalue weighted by atomic mass is 32.2. The van der Waals surface area contributed by atoms with Crippen molar-refractivity contribution in [1.29, 1.82) is 0 Å². The molecule has 0 saturated carbocycles. The van der Waals surface area contributed by atoms with Gasteiger partial charge in [0.2, 0.25) is 11.8 Å². The maximum Gasteiger partial charge on any atom is 0.238 e. The molecule has 0 unspecified atom stereocenters. The molecule has 2 amide bonds. The smallest absolute Gasteiger partial charge is 0.238 e. The molecule has 2 aliphatic rings. The average molecular weight is 333 g/mol. The van der Waals surface area contributed by atoms with Crippen molar-refractivity contribution in [3.05, 3.63) is 24.3 Å². The number of thioether (sulfide) groups is 1. The van der Waals surface area contributed by atoms with Gasteiger partial charge in [-0.15, -0.1) is 0 Å². The number of anilines is 1. The minimum atomic E-state index is -0.429. The van der Waals surface area contributed by atoms with Gasteiger partial charge in [0.15, 0.2) is 5.17 Å². The quantitative estimate of drug-likeness (QED) is 0.916.